The normalized spacial score (nSPS) is 26.8. The molecular weight excluding hydrogens is 228 g/mol. The molecule has 1 aliphatic carbocycles. The summed E-state index contributed by atoms with van der Waals surface area (Å²) in [5, 5.41) is 3.30. The monoisotopic (exact) mass is 252 g/mol. The summed E-state index contributed by atoms with van der Waals surface area (Å²) in [4.78, 5) is 14.2. The number of nitrogens with one attached hydrogen (secondary N) is 1. The van der Waals surface area contributed by atoms with Crippen LogP contribution in [0.5, 0.6) is 0 Å². The van der Waals surface area contributed by atoms with E-state index in [9.17, 15) is 4.79 Å². The van der Waals surface area contributed by atoms with Crippen molar-refractivity contribution < 1.29 is 9.53 Å². The van der Waals surface area contributed by atoms with Crippen LogP contribution >= 0.6 is 0 Å². The SMILES string of the molecule is O=C(CNCC1CC1)N1CCC2(CCOCC2)C1. The first-order valence-corrected chi connectivity index (χ1v) is 7.34. The molecule has 0 bridgehead atoms. The van der Waals surface area contributed by atoms with Gasteiger partial charge in [-0.15, -0.1) is 0 Å². The number of nitrogens with zero attached hydrogens (tertiary/aromatic N) is 1. The molecule has 3 aliphatic rings. The fourth-order valence-corrected chi connectivity index (χ4v) is 3.18. The zero-order chi connectivity index (χ0) is 12.4. The van der Waals surface area contributed by atoms with Crippen LogP contribution in [0.25, 0.3) is 0 Å². The van der Waals surface area contributed by atoms with Crippen LogP contribution in [0, 0.1) is 11.3 Å². The van der Waals surface area contributed by atoms with Gasteiger partial charge in [-0.2, -0.15) is 0 Å². The molecule has 0 aromatic heterocycles. The van der Waals surface area contributed by atoms with Crippen molar-refractivity contribution in [2.45, 2.75) is 32.1 Å². The van der Waals surface area contributed by atoms with E-state index in [1.54, 1.807) is 0 Å². The second-order valence-corrected chi connectivity index (χ2v) is 6.25. The van der Waals surface area contributed by atoms with Crippen LogP contribution < -0.4 is 5.32 Å². The highest BCUT2D eigenvalue weighted by Gasteiger charge is 2.40. The first-order chi connectivity index (χ1) is 8.77. The molecule has 4 nitrogen and oxygen atoms in total. The number of likely N-dealkylation sites (tertiary alicyclic amines) is 1. The minimum absolute atomic E-state index is 0.291. The standard InChI is InChI=1S/C14H24N2O2/c17-13(10-15-9-12-1-2-12)16-6-3-14(11-16)4-7-18-8-5-14/h12,15H,1-11H2. The van der Waals surface area contributed by atoms with Crippen LogP contribution in [0.3, 0.4) is 0 Å². The third-order valence-electron chi connectivity index (χ3n) is 4.75. The van der Waals surface area contributed by atoms with Gasteiger partial charge in [0, 0.05) is 26.3 Å². The first kappa shape index (κ1) is 12.4. The van der Waals surface area contributed by atoms with E-state index in [-0.39, 0.29) is 0 Å². The molecule has 1 spiro atoms. The van der Waals surface area contributed by atoms with Crippen molar-refractivity contribution >= 4 is 5.91 Å². The van der Waals surface area contributed by atoms with E-state index in [1.165, 1.54) is 19.3 Å². The van der Waals surface area contributed by atoms with Crippen molar-refractivity contribution in [1.82, 2.24) is 10.2 Å². The van der Waals surface area contributed by atoms with Gasteiger partial charge in [-0.1, -0.05) is 0 Å². The molecule has 1 saturated carbocycles. The number of rotatable bonds is 4. The van der Waals surface area contributed by atoms with Crippen LogP contribution in [0.1, 0.15) is 32.1 Å². The fourth-order valence-electron chi connectivity index (χ4n) is 3.18. The number of carbonyl (C=O) groups is 1. The van der Waals surface area contributed by atoms with E-state index in [2.05, 4.69) is 10.2 Å². The van der Waals surface area contributed by atoms with Crippen LogP contribution in [-0.2, 0) is 9.53 Å². The van der Waals surface area contributed by atoms with Gasteiger partial charge in [0.25, 0.3) is 0 Å². The second-order valence-electron chi connectivity index (χ2n) is 6.25. The number of hydrogen-bond donors (Lipinski definition) is 1. The van der Waals surface area contributed by atoms with Gasteiger partial charge in [0.15, 0.2) is 0 Å². The third kappa shape index (κ3) is 2.86. The Bertz CT molecular complexity index is 309. The molecule has 0 unspecified atom stereocenters. The molecule has 1 amide bonds. The van der Waals surface area contributed by atoms with E-state index < -0.39 is 0 Å². The van der Waals surface area contributed by atoms with Crippen molar-refractivity contribution in [2.75, 3.05) is 39.4 Å². The van der Waals surface area contributed by atoms with Gasteiger partial charge in [0.2, 0.25) is 5.91 Å². The maximum atomic E-state index is 12.1. The predicted molar refractivity (Wildman–Crippen MR) is 69.3 cm³/mol. The Labute approximate surface area is 109 Å². The Hall–Kier alpha value is -0.610. The van der Waals surface area contributed by atoms with Crippen LogP contribution in [0.15, 0.2) is 0 Å². The van der Waals surface area contributed by atoms with Crippen molar-refractivity contribution in [2.24, 2.45) is 11.3 Å². The highest BCUT2D eigenvalue weighted by molar-refractivity contribution is 5.78. The maximum Gasteiger partial charge on any atom is 0.236 e. The Morgan fingerprint density at radius 1 is 1.28 bits per heavy atom. The highest BCUT2D eigenvalue weighted by Crippen LogP contribution is 2.39. The van der Waals surface area contributed by atoms with E-state index in [0.717, 1.165) is 51.6 Å². The molecule has 0 aromatic rings. The molecule has 0 atom stereocenters. The Kier molecular flexibility index (Phi) is 3.57. The fraction of sp³-hybridized carbons (Fsp3) is 0.929. The summed E-state index contributed by atoms with van der Waals surface area (Å²) in [6.07, 6.45) is 6.12. The van der Waals surface area contributed by atoms with Gasteiger partial charge in [0.1, 0.15) is 0 Å². The van der Waals surface area contributed by atoms with Crippen molar-refractivity contribution in [3.63, 3.8) is 0 Å². The predicted octanol–water partition coefficient (Wildman–Crippen LogP) is 1.02. The summed E-state index contributed by atoms with van der Waals surface area (Å²) in [5.41, 5.74) is 0.379. The van der Waals surface area contributed by atoms with Gasteiger partial charge >= 0.3 is 0 Å². The molecule has 3 rings (SSSR count). The largest absolute Gasteiger partial charge is 0.381 e. The molecule has 0 radical (unpaired) electrons. The average molecular weight is 252 g/mol. The molecule has 1 N–H and O–H groups in total. The smallest absolute Gasteiger partial charge is 0.236 e. The van der Waals surface area contributed by atoms with E-state index in [0.29, 0.717) is 17.9 Å². The molecule has 102 valence electrons. The highest BCUT2D eigenvalue weighted by atomic mass is 16.5. The lowest BCUT2D eigenvalue weighted by atomic mass is 9.80. The summed E-state index contributed by atoms with van der Waals surface area (Å²) < 4.78 is 5.43. The number of amides is 1. The summed E-state index contributed by atoms with van der Waals surface area (Å²) in [7, 11) is 0. The van der Waals surface area contributed by atoms with Crippen molar-refractivity contribution in [3.8, 4) is 0 Å². The van der Waals surface area contributed by atoms with Crippen LogP contribution in [-0.4, -0.2) is 50.2 Å². The lowest BCUT2D eigenvalue weighted by molar-refractivity contribution is -0.129. The summed E-state index contributed by atoms with van der Waals surface area (Å²) in [5.74, 6) is 1.14. The zero-order valence-electron chi connectivity index (χ0n) is 11.1. The number of carbonyl (C=O) groups excluding carboxylic acids is 1. The molecule has 4 heteroatoms. The molecule has 2 heterocycles. The summed E-state index contributed by atoms with van der Waals surface area (Å²) in [6.45, 7) is 5.22. The zero-order valence-corrected chi connectivity index (χ0v) is 11.1. The van der Waals surface area contributed by atoms with Gasteiger partial charge in [-0.05, 0) is 50.0 Å². The number of hydrogen-bond acceptors (Lipinski definition) is 3. The average Bonchev–Trinajstić information content (AvgIpc) is 3.12. The molecule has 2 saturated heterocycles. The molecule has 2 aliphatic heterocycles. The van der Waals surface area contributed by atoms with E-state index in [1.807, 2.05) is 0 Å². The van der Waals surface area contributed by atoms with Gasteiger partial charge < -0.3 is 15.0 Å². The summed E-state index contributed by atoms with van der Waals surface area (Å²) >= 11 is 0. The maximum absolute atomic E-state index is 12.1. The van der Waals surface area contributed by atoms with Gasteiger partial charge in [0.05, 0.1) is 6.54 Å². The minimum atomic E-state index is 0.291. The van der Waals surface area contributed by atoms with Gasteiger partial charge in [-0.25, -0.2) is 0 Å². The van der Waals surface area contributed by atoms with Crippen molar-refractivity contribution in [1.29, 1.82) is 0 Å². The number of ether oxygens (including phenoxy) is 1. The van der Waals surface area contributed by atoms with Crippen molar-refractivity contribution in [3.05, 3.63) is 0 Å². The van der Waals surface area contributed by atoms with Crippen LogP contribution in [0.2, 0.25) is 0 Å². The first-order valence-electron chi connectivity index (χ1n) is 7.34. The third-order valence-corrected chi connectivity index (χ3v) is 4.75. The van der Waals surface area contributed by atoms with Gasteiger partial charge in [-0.3, -0.25) is 4.79 Å². The molecular formula is C14H24N2O2. The van der Waals surface area contributed by atoms with E-state index >= 15 is 0 Å². The quantitative estimate of drug-likeness (QED) is 0.812. The second kappa shape index (κ2) is 5.17. The lowest BCUT2D eigenvalue weighted by Crippen LogP contribution is -2.40. The molecule has 18 heavy (non-hydrogen) atoms. The van der Waals surface area contributed by atoms with Crippen LogP contribution in [0.4, 0.5) is 0 Å². The Morgan fingerprint density at radius 3 is 2.78 bits per heavy atom. The minimum Gasteiger partial charge on any atom is -0.381 e. The lowest BCUT2D eigenvalue weighted by Gasteiger charge is -2.33. The Balaban J connectivity index is 1.43. The molecule has 3 fully saturated rings. The van der Waals surface area contributed by atoms with E-state index in [4.69, 9.17) is 4.74 Å². The molecule has 0 aromatic carbocycles. The topological polar surface area (TPSA) is 41.6 Å². The summed E-state index contributed by atoms with van der Waals surface area (Å²) in [6, 6.07) is 0. The Morgan fingerprint density at radius 2 is 2.06 bits per heavy atom.